The van der Waals surface area contributed by atoms with Crippen molar-refractivity contribution in [3.8, 4) is 0 Å². The fraction of sp³-hybridized carbons (Fsp3) is 0.556. The summed E-state index contributed by atoms with van der Waals surface area (Å²) in [5.41, 5.74) is 0.715. The number of hydrogen-bond acceptors (Lipinski definition) is 6. The normalized spacial score (nSPS) is 10.7. The van der Waals surface area contributed by atoms with Crippen LogP contribution in [0, 0.1) is 0 Å². The van der Waals surface area contributed by atoms with Crippen LogP contribution in [0.3, 0.4) is 0 Å². The predicted molar refractivity (Wildman–Crippen MR) is 93.7 cm³/mol. The van der Waals surface area contributed by atoms with E-state index in [1.165, 1.54) is 0 Å². The standard InChI is InChI=1S/C15H24O6.C3H6/c1-11(2)14(16)20-7-6-18-10-13(5)19-8-9-21-15(17)12(3)4;1-3-2/h13H,1,3,6-10H2,2,4-5H3;3H,1H2,2H3. The highest BCUT2D eigenvalue weighted by Crippen LogP contribution is 1.96. The summed E-state index contributed by atoms with van der Waals surface area (Å²) in [7, 11) is 0. The van der Waals surface area contributed by atoms with Crippen LogP contribution in [0.1, 0.15) is 27.7 Å². The molecule has 0 aromatic heterocycles. The Kier molecular flexibility index (Phi) is 16.2. The number of allylic oxidation sites excluding steroid dienone is 1. The van der Waals surface area contributed by atoms with Crippen LogP contribution in [0.15, 0.2) is 37.0 Å². The highest BCUT2D eigenvalue weighted by Gasteiger charge is 2.06. The molecular weight excluding hydrogens is 312 g/mol. The molecule has 0 bridgehead atoms. The molecule has 1 atom stereocenters. The summed E-state index contributed by atoms with van der Waals surface area (Å²) in [6.45, 7) is 18.5. The van der Waals surface area contributed by atoms with Crippen molar-refractivity contribution in [1.29, 1.82) is 0 Å². The van der Waals surface area contributed by atoms with Gasteiger partial charge in [-0.2, -0.15) is 0 Å². The maximum Gasteiger partial charge on any atom is 0.333 e. The van der Waals surface area contributed by atoms with E-state index in [9.17, 15) is 9.59 Å². The Hall–Kier alpha value is -1.92. The molecule has 0 fully saturated rings. The van der Waals surface area contributed by atoms with E-state index in [0.717, 1.165) is 0 Å². The Bertz CT molecular complexity index is 414. The Labute approximate surface area is 145 Å². The first-order valence-electron chi connectivity index (χ1n) is 7.67. The molecule has 0 aromatic carbocycles. The molecular formula is C18H30O6. The molecule has 0 rings (SSSR count). The van der Waals surface area contributed by atoms with Gasteiger partial charge >= 0.3 is 11.9 Å². The van der Waals surface area contributed by atoms with Gasteiger partial charge in [-0.3, -0.25) is 0 Å². The molecule has 0 aromatic rings. The third-order valence-electron chi connectivity index (χ3n) is 2.23. The van der Waals surface area contributed by atoms with Gasteiger partial charge in [-0.15, -0.1) is 6.58 Å². The van der Waals surface area contributed by atoms with Gasteiger partial charge in [0.25, 0.3) is 0 Å². The van der Waals surface area contributed by atoms with E-state index in [1.807, 2.05) is 13.8 Å². The molecule has 0 spiro atoms. The molecule has 24 heavy (non-hydrogen) atoms. The summed E-state index contributed by atoms with van der Waals surface area (Å²) in [5, 5.41) is 0. The summed E-state index contributed by atoms with van der Waals surface area (Å²) < 4.78 is 20.4. The van der Waals surface area contributed by atoms with Gasteiger partial charge in [-0.25, -0.2) is 9.59 Å². The molecule has 6 nitrogen and oxygen atoms in total. The number of hydrogen-bond donors (Lipinski definition) is 0. The van der Waals surface area contributed by atoms with Gasteiger partial charge in [0.15, 0.2) is 0 Å². The third-order valence-corrected chi connectivity index (χ3v) is 2.23. The summed E-state index contributed by atoms with van der Waals surface area (Å²) in [4.78, 5) is 22.2. The van der Waals surface area contributed by atoms with Crippen molar-refractivity contribution in [3.63, 3.8) is 0 Å². The summed E-state index contributed by atoms with van der Waals surface area (Å²) in [5.74, 6) is -0.857. The van der Waals surface area contributed by atoms with Gasteiger partial charge in [-0.05, 0) is 27.7 Å². The lowest BCUT2D eigenvalue weighted by Crippen LogP contribution is -2.21. The van der Waals surface area contributed by atoms with Crippen molar-refractivity contribution in [2.24, 2.45) is 0 Å². The minimum atomic E-state index is -0.429. The highest BCUT2D eigenvalue weighted by atomic mass is 16.6. The molecule has 1 unspecified atom stereocenters. The predicted octanol–water partition coefficient (Wildman–Crippen LogP) is 2.84. The third kappa shape index (κ3) is 16.5. The Balaban J connectivity index is 0. The molecule has 0 amide bonds. The van der Waals surface area contributed by atoms with Crippen molar-refractivity contribution >= 4 is 11.9 Å². The first kappa shape index (κ1) is 24.3. The van der Waals surface area contributed by atoms with Crippen molar-refractivity contribution in [1.82, 2.24) is 0 Å². The van der Waals surface area contributed by atoms with E-state index in [1.54, 1.807) is 19.9 Å². The zero-order valence-electron chi connectivity index (χ0n) is 15.3. The fourth-order valence-electron chi connectivity index (χ4n) is 1.12. The number of carbonyl (C=O) groups is 2. The zero-order chi connectivity index (χ0) is 19.0. The lowest BCUT2D eigenvalue weighted by molar-refractivity contribution is -0.143. The Morgan fingerprint density at radius 1 is 0.958 bits per heavy atom. The molecule has 0 aliphatic rings. The average molecular weight is 342 g/mol. The first-order chi connectivity index (χ1) is 11.3. The van der Waals surface area contributed by atoms with Gasteiger partial charge in [0.05, 0.1) is 25.9 Å². The topological polar surface area (TPSA) is 71.1 Å². The maximum atomic E-state index is 11.1. The van der Waals surface area contributed by atoms with E-state index in [-0.39, 0.29) is 32.5 Å². The van der Waals surface area contributed by atoms with E-state index in [4.69, 9.17) is 18.9 Å². The lowest BCUT2D eigenvalue weighted by Gasteiger charge is -2.13. The maximum absolute atomic E-state index is 11.1. The van der Waals surface area contributed by atoms with Crippen LogP contribution in [0.2, 0.25) is 0 Å². The Morgan fingerprint density at radius 3 is 1.79 bits per heavy atom. The lowest BCUT2D eigenvalue weighted by atomic mass is 10.4. The second-order valence-electron chi connectivity index (χ2n) is 5.00. The van der Waals surface area contributed by atoms with Crippen molar-refractivity contribution in [3.05, 3.63) is 37.0 Å². The molecule has 0 saturated carbocycles. The molecule has 0 N–H and O–H groups in total. The second-order valence-corrected chi connectivity index (χ2v) is 5.00. The van der Waals surface area contributed by atoms with Crippen LogP contribution in [0.4, 0.5) is 0 Å². The summed E-state index contributed by atoms with van der Waals surface area (Å²) >= 11 is 0. The minimum Gasteiger partial charge on any atom is -0.460 e. The van der Waals surface area contributed by atoms with Crippen molar-refractivity contribution in [2.75, 3.05) is 33.0 Å². The molecule has 6 heteroatoms. The number of ether oxygens (including phenoxy) is 4. The van der Waals surface area contributed by atoms with E-state index < -0.39 is 11.9 Å². The molecule has 0 aliphatic heterocycles. The van der Waals surface area contributed by atoms with E-state index in [0.29, 0.717) is 17.8 Å². The monoisotopic (exact) mass is 342 g/mol. The number of esters is 2. The van der Waals surface area contributed by atoms with Crippen LogP contribution in [0.25, 0.3) is 0 Å². The number of carbonyl (C=O) groups excluding carboxylic acids is 2. The van der Waals surface area contributed by atoms with Gasteiger partial charge in [0.1, 0.15) is 13.2 Å². The quantitative estimate of drug-likeness (QED) is 0.249. The SMILES string of the molecule is C=C(C)C(=O)OCCOCC(C)OCCOC(=O)C(=C)C.C=CC. The first-order valence-corrected chi connectivity index (χ1v) is 7.67. The Morgan fingerprint density at radius 2 is 1.38 bits per heavy atom. The fourth-order valence-corrected chi connectivity index (χ4v) is 1.12. The van der Waals surface area contributed by atoms with Crippen LogP contribution >= 0.6 is 0 Å². The smallest absolute Gasteiger partial charge is 0.333 e. The summed E-state index contributed by atoms with van der Waals surface area (Å²) in [6.07, 6.45) is 1.60. The van der Waals surface area contributed by atoms with Crippen LogP contribution in [0.5, 0.6) is 0 Å². The zero-order valence-corrected chi connectivity index (χ0v) is 15.3. The molecule has 0 aliphatic carbocycles. The van der Waals surface area contributed by atoms with Gasteiger partial charge in [-0.1, -0.05) is 19.2 Å². The largest absolute Gasteiger partial charge is 0.460 e. The van der Waals surface area contributed by atoms with E-state index >= 15 is 0 Å². The van der Waals surface area contributed by atoms with Gasteiger partial charge in [0, 0.05) is 11.1 Å². The van der Waals surface area contributed by atoms with Crippen molar-refractivity contribution in [2.45, 2.75) is 33.8 Å². The minimum absolute atomic E-state index is 0.148. The van der Waals surface area contributed by atoms with Crippen LogP contribution in [-0.2, 0) is 28.5 Å². The van der Waals surface area contributed by atoms with Crippen LogP contribution < -0.4 is 0 Å². The van der Waals surface area contributed by atoms with Crippen molar-refractivity contribution < 1.29 is 28.5 Å². The molecule has 138 valence electrons. The molecule has 0 heterocycles. The van der Waals surface area contributed by atoms with Gasteiger partial charge in [0.2, 0.25) is 0 Å². The molecule has 0 saturated heterocycles. The second kappa shape index (κ2) is 16.0. The highest BCUT2D eigenvalue weighted by molar-refractivity contribution is 5.87. The van der Waals surface area contributed by atoms with Crippen LogP contribution in [-0.4, -0.2) is 51.1 Å². The van der Waals surface area contributed by atoms with Gasteiger partial charge < -0.3 is 18.9 Å². The number of rotatable bonds is 11. The van der Waals surface area contributed by atoms with E-state index in [2.05, 4.69) is 19.7 Å². The average Bonchev–Trinajstić information content (AvgIpc) is 2.51. The summed E-state index contributed by atoms with van der Waals surface area (Å²) in [6, 6.07) is 0. The molecule has 0 radical (unpaired) electrons.